The lowest BCUT2D eigenvalue weighted by Gasteiger charge is -2.14. The number of hydrogen-bond acceptors (Lipinski definition) is 5. The number of carbonyl (C=O) groups is 2. The van der Waals surface area contributed by atoms with Gasteiger partial charge in [-0.15, -0.1) is 0 Å². The van der Waals surface area contributed by atoms with Gasteiger partial charge in [-0.05, 0) is 12.5 Å². The molecule has 0 aliphatic rings. The van der Waals surface area contributed by atoms with Gasteiger partial charge >= 0.3 is 5.97 Å². The normalized spacial score (nSPS) is 12.8. The van der Waals surface area contributed by atoms with Crippen molar-refractivity contribution in [3.05, 3.63) is 18.5 Å². The molecule has 112 valence electrons. The molecule has 9 heteroatoms. The zero-order valence-corrected chi connectivity index (χ0v) is 11.8. The predicted molar refractivity (Wildman–Crippen MR) is 70.7 cm³/mol. The van der Waals surface area contributed by atoms with Gasteiger partial charge in [-0.1, -0.05) is 0 Å². The zero-order valence-electron chi connectivity index (χ0n) is 11.0. The maximum atomic E-state index is 11.6. The molecule has 1 rings (SSSR count). The number of amides is 1. The molecule has 0 spiro atoms. The molecule has 0 bridgehead atoms. The number of nitrogens with one attached hydrogen (secondary N) is 1. The van der Waals surface area contributed by atoms with E-state index in [2.05, 4.69) is 10.4 Å². The van der Waals surface area contributed by atoms with Crippen LogP contribution < -0.4 is 5.32 Å². The summed E-state index contributed by atoms with van der Waals surface area (Å²) in [6.45, 7) is 0.331. The largest absolute Gasteiger partial charge is 0.480 e. The Morgan fingerprint density at radius 3 is 2.65 bits per heavy atom. The van der Waals surface area contributed by atoms with Gasteiger partial charge in [0.15, 0.2) is 0 Å². The van der Waals surface area contributed by atoms with Crippen molar-refractivity contribution in [2.24, 2.45) is 0 Å². The lowest BCUT2D eigenvalue weighted by atomic mass is 10.2. The van der Waals surface area contributed by atoms with Gasteiger partial charge in [-0.25, -0.2) is 13.2 Å². The second-order valence-corrected chi connectivity index (χ2v) is 6.66. The number of aryl methyl sites for hydroxylation is 1. The van der Waals surface area contributed by atoms with Crippen molar-refractivity contribution < 1.29 is 23.1 Å². The Hall–Kier alpha value is -1.90. The first kappa shape index (κ1) is 16.2. The molecule has 1 amide bonds. The molecule has 1 aromatic rings. The van der Waals surface area contributed by atoms with Gasteiger partial charge in [0, 0.05) is 31.6 Å². The highest BCUT2D eigenvalue weighted by Gasteiger charge is 2.21. The van der Waals surface area contributed by atoms with Crippen molar-refractivity contribution in [3.8, 4) is 0 Å². The van der Waals surface area contributed by atoms with E-state index in [0.717, 1.165) is 6.26 Å². The number of aromatic nitrogens is 2. The van der Waals surface area contributed by atoms with Crippen LogP contribution in [0.3, 0.4) is 0 Å². The average molecular weight is 303 g/mol. The van der Waals surface area contributed by atoms with Crippen LogP contribution >= 0.6 is 0 Å². The van der Waals surface area contributed by atoms with Gasteiger partial charge in [-0.3, -0.25) is 9.48 Å². The minimum Gasteiger partial charge on any atom is -0.480 e. The molecule has 0 aromatic carbocycles. The van der Waals surface area contributed by atoms with E-state index in [9.17, 15) is 18.0 Å². The van der Waals surface area contributed by atoms with Crippen molar-refractivity contribution in [1.29, 1.82) is 0 Å². The summed E-state index contributed by atoms with van der Waals surface area (Å²) < 4.78 is 23.6. The van der Waals surface area contributed by atoms with Crippen molar-refractivity contribution >= 4 is 21.7 Å². The summed E-state index contributed by atoms with van der Waals surface area (Å²) in [4.78, 5) is 22.6. The van der Waals surface area contributed by atoms with Crippen LogP contribution in [0.15, 0.2) is 18.5 Å². The summed E-state index contributed by atoms with van der Waals surface area (Å²) in [7, 11) is -3.26. The van der Waals surface area contributed by atoms with Crippen LogP contribution in [-0.4, -0.2) is 53.2 Å². The number of carboxylic acid groups (broad SMARTS) is 1. The van der Waals surface area contributed by atoms with Crippen molar-refractivity contribution in [2.45, 2.75) is 25.4 Å². The first-order chi connectivity index (χ1) is 9.28. The second kappa shape index (κ2) is 7.04. The van der Waals surface area contributed by atoms with Gasteiger partial charge in [0.25, 0.3) is 0 Å². The Morgan fingerprint density at radius 1 is 1.45 bits per heavy atom. The van der Waals surface area contributed by atoms with E-state index in [-0.39, 0.29) is 18.6 Å². The monoisotopic (exact) mass is 303 g/mol. The van der Waals surface area contributed by atoms with Crippen molar-refractivity contribution in [2.75, 3.05) is 12.0 Å². The lowest BCUT2D eigenvalue weighted by Crippen LogP contribution is -2.42. The molecule has 0 radical (unpaired) electrons. The fourth-order valence-electron chi connectivity index (χ4n) is 1.50. The summed E-state index contributed by atoms with van der Waals surface area (Å²) in [5.74, 6) is -1.99. The van der Waals surface area contributed by atoms with E-state index < -0.39 is 27.8 Å². The highest BCUT2D eigenvalue weighted by Crippen LogP contribution is 1.99. The molecule has 0 saturated heterocycles. The number of rotatable bonds is 8. The van der Waals surface area contributed by atoms with Crippen LogP contribution in [0.1, 0.15) is 12.8 Å². The maximum absolute atomic E-state index is 11.6. The third-order valence-corrected chi connectivity index (χ3v) is 3.52. The zero-order chi connectivity index (χ0) is 15.2. The van der Waals surface area contributed by atoms with Gasteiger partial charge in [0.2, 0.25) is 5.91 Å². The van der Waals surface area contributed by atoms with Crippen LogP contribution in [0, 0.1) is 0 Å². The number of carboxylic acids is 1. The maximum Gasteiger partial charge on any atom is 0.326 e. The molecule has 0 aliphatic carbocycles. The van der Waals surface area contributed by atoms with E-state index in [1.165, 1.54) is 0 Å². The average Bonchev–Trinajstić information content (AvgIpc) is 2.83. The third-order valence-electron chi connectivity index (χ3n) is 2.54. The van der Waals surface area contributed by atoms with Crippen LogP contribution in [0.5, 0.6) is 0 Å². The minimum absolute atomic E-state index is 0.0737. The molecule has 0 saturated carbocycles. The SMILES string of the molecule is CS(=O)(=O)CCC(NC(=O)CCn1cccn1)C(=O)O. The molecule has 0 fully saturated rings. The van der Waals surface area contributed by atoms with Crippen molar-refractivity contribution in [3.63, 3.8) is 0 Å². The summed E-state index contributed by atoms with van der Waals surface area (Å²) in [6, 6.07) is 0.513. The molecule has 20 heavy (non-hydrogen) atoms. The molecule has 1 atom stereocenters. The van der Waals surface area contributed by atoms with Gasteiger partial charge in [0.1, 0.15) is 15.9 Å². The Labute approximate surface area is 116 Å². The minimum atomic E-state index is -3.26. The summed E-state index contributed by atoms with van der Waals surface area (Å²) in [5, 5.41) is 15.2. The molecular weight excluding hydrogens is 286 g/mol. The quantitative estimate of drug-likeness (QED) is 0.654. The molecular formula is C11H17N3O5S. The summed E-state index contributed by atoms with van der Waals surface area (Å²) in [5.41, 5.74) is 0. The third kappa shape index (κ3) is 6.32. The predicted octanol–water partition coefficient (Wildman–Crippen LogP) is -0.723. The number of hydrogen-bond donors (Lipinski definition) is 2. The van der Waals surface area contributed by atoms with Crippen LogP contribution in [0.2, 0.25) is 0 Å². The number of nitrogens with zero attached hydrogens (tertiary/aromatic N) is 2. The first-order valence-electron chi connectivity index (χ1n) is 5.95. The van der Waals surface area contributed by atoms with E-state index >= 15 is 0 Å². The molecule has 2 N–H and O–H groups in total. The number of aliphatic carboxylic acids is 1. The topological polar surface area (TPSA) is 118 Å². The van der Waals surface area contributed by atoms with E-state index in [1.54, 1.807) is 23.1 Å². The molecule has 0 aliphatic heterocycles. The van der Waals surface area contributed by atoms with Crippen LogP contribution in [0.25, 0.3) is 0 Å². The highest BCUT2D eigenvalue weighted by molar-refractivity contribution is 7.90. The smallest absolute Gasteiger partial charge is 0.326 e. The Bertz CT molecular complexity index is 553. The second-order valence-electron chi connectivity index (χ2n) is 4.40. The Kier molecular flexibility index (Phi) is 5.68. The number of sulfone groups is 1. The van der Waals surface area contributed by atoms with Gasteiger partial charge in [0.05, 0.1) is 5.75 Å². The molecule has 1 heterocycles. The van der Waals surface area contributed by atoms with Crippen LogP contribution in [-0.2, 0) is 26.0 Å². The Balaban J connectivity index is 2.44. The fourth-order valence-corrected chi connectivity index (χ4v) is 2.17. The van der Waals surface area contributed by atoms with Crippen LogP contribution in [0.4, 0.5) is 0 Å². The fraction of sp³-hybridized carbons (Fsp3) is 0.545. The van der Waals surface area contributed by atoms with E-state index in [4.69, 9.17) is 5.11 Å². The molecule has 8 nitrogen and oxygen atoms in total. The summed E-state index contributed by atoms with van der Waals surface area (Å²) in [6.07, 6.45) is 4.20. The summed E-state index contributed by atoms with van der Waals surface area (Å²) >= 11 is 0. The van der Waals surface area contributed by atoms with Gasteiger partial charge < -0.3 is 10.4 Å². The first-order valence-corrected chi connectivity index (χ1v) is 8.01. The van der Waals surface area contributed by atoms with E-state index in [0.29, 0.717) is 6.54 Å². The lowest BCUT2D eigenvalue weighted by molar-refractivity contribution is -0.141. The van der Waals surface area contributed by atoms with Gasteiger partial charge in [-0.2, -0.15) is 5.10 Å². The Morgan fingerprint density at radius 2 is 2.15 bits per heavy atom. The van der Waals surface area contributed by atoms with Crippen molar-refractivity contribution in [1.82, 2.24) is 15.1 Å². The molecule has 1 unspecified atom stereocenters. The highest BCUT2D eigenvalue weighted by atomic mass is 32.2. The van der Waals surface area contributed by atoms with E-state index in [1.807, 2.05) is 0 Å². The molecule has 1 aromatic heterocycles. The number of carbonyl (C=O) groups excluding carboxylic acids is 1. The standard InChI is InChI=1S/C11H17N3O5S/c1-20(18,19)8-4-9(11(16)17)13-10(15)3-7-14-6-2-5-12-14/h2,5-6,9H,3-4,7-8H2,1H3,(H,13,15)(H,16,17).